The van der Waals surface area contributed by atoms with E-state index in [-0.39, 0.29) is 85.1 Å². The Morgan fingerprint density at radius 2 is 0.949 bits per heavy atom. The molecule has 6 N–H and O–H groups in total. The number of rotatable bonds is 41. The Balaban J connectivity index is 4.84. The van der Waals surface area contributed by atoms with Crippen molar-refractivity contribution >= 4 is 52.7 Å². The van der Waals surface area contributed by atoms with Crippen molar-refractivity contribution in [2.75, 3.05) is 39.8 Å². The largest absolute Gasteiger partial charge is 0.370 e. The van der Waals surface area contributed by atoms with E-state index < -0.39 is 6.04 Å². The minimum atomic E-state index is -0.595. The van der Waals surface area contributed by atoms with Crippen LogP contribution in [0, 0.1) is 0 Å². The number of hydrogen-bond acceptors (Lipinski definition) is 10. The smallest absolute Gasteiger partial charge is 0.234 e. The van der Waals surface area contributed by atoms with Gasteiger partial charge in [-0.2, -0.15) is 0 Å². The van der Waals surface area contributed by atoms with Gasteiger partial charge >= 0.3 is 0 Å². The maximum absolute atomic E-state index is 13.0. The van der Waals surface area contributed by atoms with Crippen LogP contribution in [-0.2, 0) is 43.2 Å². The molecule has 338 valence electrons. The van der Waals surface area contributed by atoms with Crippen LogP contribution in [0.15, 0.2) is 0 Å². The molecule has 0 aromatic carbocycles. The van der Waals surface area contributed by atoms with E-state index >= 15 is 0 Å². The van der Waals surface area contributed by atoms with E-state index in [0.29, 0.717) is 103 Å². The maximum atomic E-state index is 13.0. The zero-order valence-corrected chi connectivity index (χ0v) is 36.7. The van der Waals surface area contributed by atoms with Crippen molar-refractivity contribution in [2.45, 2.75) is 187 Å². The average molecular weight is 835 g/mol. The lowest BCUT2D eigenvalue weighted by Crippen LogP contribution is -2.42. The summed E-state index contributed by atoms with van der Waals surface area (Å²) in [5.41, 5.74) is 5.19. The number of unbranched alkanes of at least 4 members (excludes halogenated alkanes) is 12. The number of nitrogens with one attached hydrogen (secondary N) is 4. The molecule has 0 fully saturated rings. The van der Waals surface area contributed by atoms with Gasteiger partial charge in [0.25, 0.3) is 0 Å². The zero-order valence-electron chi connectivity index (χ0n) is 36.7. The first-order chi connectivity index (χ1) is 28.3. The average Bonchev–Trinajstić information content (AvgIpc) is 3.18. The Labute approximate surface area is 353 Å². The molecule has 0 aromatic heterocycles. The number of carbonyl (C=O) groups is 9. The molecule has 0 aliphatic rings. The summed E-state index contributed by atoms with van der Waals surface area (Å²) in [6.07, 6.45) is 16.0. The minimum Gasteiger partial charge on any atom is -0.370 e. The molecular formula is C44H78N6O9. The monoisotopic (exact) mass is 835 g/mol. The molecule has 15 nitrogen and oxygen atoms in total. The van der Waals surface area contributed by atoms with E-state index in [0.717, 1.165) is 64.2 Å². The van der Waals surface area contributed by atoms with Gasteiger partial charge in [-0.25, -0.2) is 0 Å². The Hall–Kier alpha value is -4.01. The topological polar surface area (TPSA) is 231 Å². The highest BCUT2D eigenvalue weighted by Gasteiger charge is 2.21. The van der Waals surface area contributed by atoms with Crippen LogP contribution in [0.25, 0.3) is 0 Å². The SMILES string of the molecule is CCC(=O)CCCCCNC(=O)CN(CC(=O)CCCCCCC(=O)NC)CC(=O)CCCCCCC(=O)NC(CCCCNC(C)=O)C(=O)CCCCCCC(N)=O. The van der Waals surface area contributed by atoms with Crippen LogP contribution in [0.5, 0.6) is 0 Å². The lowest BCUT2D eigenvalue weighted by molar-refractivity contribution is -0.128. The number of carbonyl (C=O) groups excluding carboxylic acids is 9. The summed E-state index contributed by atoms with van der Waals surface area (Å²) in [6.45, 7) is 4.18. The lowest BCUT2D eigenvalue weighted by Gasteiger charge is -2.20. The molecule has 0 heterocycles. The summed E-state index contributed by atoms with van der Waals surface area (Å²) in [7, 11) is 1.61. The normalized spacial score (nSPS) is 11.5. The molecule has 0 spiro atoms. The Morgan fingerprint density at radius 3 is 1.47 bits per heavy atom. The summed E-state index contributed by atoms with van der Waals surface area (Å²) >= 11 is 0. The highest BCUT2D eigenvalue weighted by atomic mass is 16.2. The standard InChI is InChI=1S/C44H78N6O9/c1-4-36(52)22-14-11-20-31-48-44(59)34-50(32-37(53)23-12-5-9-17-28-42(57)46-3)33-38(54)24-13-6-10-18-29-43(58)49-39(25-19-21-30-47-35(2)51)40(55)26-15-7-8-16-27-41(45)56/h39H,4-34H2,1-3H3,(H2,45,56)(H,46,57)(H,47,51)(H,48,59)(H,49,58). The maximum Gasteiger partial charge on any atom is 0.234 e. The molecule has 15 heteroatoms. The summed E-state index contributed by atoms with van der Waals surface area (Å²) in [5, 5.41) is 11.1. The number of Topliss-reactive ketones (excluding diaryl/α,β-unsaturated/α-hetero) is 4. The second kappa shape index (κ2) is 37.0. The van der Waals surface area contributed by atoms with Crippen LogP contribution >= 0.6 is 0 Å². The van der Waals surface area contributed by atoms with Gasteiger partial charge in [-0.05, 0) is 70.6 Å². The van der Waals surface area contributed by atoms with Gasteiger partial charge in [-0.3, -0.25) is 48.1 Å². The Bertz CT molecular complexity index is 1230. The van der Waals surface area contributed by atoms with E-state index in [4.69, 9.17) is 5.73 Å². The second-order valence-electron chi connectivity index (χ2n) is 15.7. The van der Waals surface area contributed by atoms with E-state index in [1.807, 2.05) is 6.92 Å². The Morgan fingerprint density at radius 1 is 0.492 bits per heavy atom. The van der Waals surface area contributed by atoms with Crippen LogP contribution in [0.3, 0.4) is 0 Å². The number of nitrogens with two attached hydrogens (primary N) is 1. The summed E-state index contributed by atoms with van der Waals surface area (Å²) in [5.74, 6) is -0.804. The quantitative estimate of drug-likeness (QED) is 0.0534. The fourth-order valence-corrected chi connectivity index (χ4v) is 6.60. The molecule has 0 saturated carbocycles. The molecule has 1 atom stereocenters. The van der Waals surface area contributed by atoms with Crippen LogP contribution in [0.1, 0.15) is 181 Å². The molecule has 0 radical (unpaired) electrons. The number of nitrogens with zero attached hydrogens (tertiary/aromatic N) is 1. The molecule has 0 saturated heterocycles. The summed E-state index contributed by atoms with van der Waals surface area (Å²) < 4.78 is 0. The van der Waals surface area contributed by atoms with Crippen LogP contribution < -0.4 is 27.0 Å². The van der Waals surface area contributed by atoms with E-state index in [9.17, 15) is 43.2 Å². The van der Waals surface area contributed by atoms with Crippen molar-refractivity contribution in [3.05, 3.63) is 0 Å². The van der Waals surface area contributed by atoms with Gasteiger partial charge in [0.05, 0.1) is 25.7 Å². The molecule has 1 unspecified atom stereocenters. The predicted octanol–water partition coefficient (Wildman–Crippen LogP) is 4.70. The minimum absolute atomic E-state index is 0.00139. The molecule has 0 aliphatic carbocycles. The first kappa shape index (κ1) is 55.0. The van der Waals surface area contributed by atoms with Gasteiger partial charge in [0, 0.05) is 78.4 Å². The predicted molar refractivity (Wildman–Crippen MR) is 229 cm³/mol. The lowest BCUT2D eigenvalue weighted by atomic mass is 9.99. The molecule has 59 heavy (non-hydrogen) atoms. The third-order valence-corrected chi connectivity index (χ3v) is 10.1. The summed E-state index contributed by atoms with van der Waals surface area (Å²) in [6, 6.07) is -0.595. The highest BCUT2D eigenvalue weighted by Crippen LogP contribution is 2.13. The second-order valence-corrected chi connectivity index (χ2v) is 15.7. The van der Waals surface area contributed by atoms with Crippen molar-refractivity contribution in [1.82, 2.24) is 26.2 Å². The molecular weight excluding hydrogens is 757 g/mol. The van der Waals surface area contributed by atoms with Gasteiger partial charge in [0.1, 0.15) is 17.3 Å². The number of ketones is 4. The number of hydrogen-bond donors (Lipinski definition) is 5. The van der Waals surface area contributed by atoms with Gasteiger partial charge in [0.2, 0.25) is 29.5 Å². The van der Waals surface area contributed by atoms with Gasteiger partial charge < -0.3 is 27.0 Å². The summed E-state index contributed by atoms with van der Waals surface area (Å²) in [4.78, 5) is 111. The molecule has 0 aromatic rings. The van der Waals surface area contributed by atoms with Crippen molar-refractivity contribution < 1.29 is 43.2 Å². The van der Waals surface area contributed by atoms with Crippen molar-refractivity contribution in [3.8, 4) is 0 Å². The van der Waals surface area contributed by atoms with Gasteiger partial charge in [-0.1, -0.05) is 51.9 Å². The Kier molecular flexibility index (Phi) is 34.5. The fourth-order valence-electron chi connectivity index (χ4n) is 6.60. The van der Waals surface area contributed by atoms with Crippen molar-refractivity contribution in [1.29, 1.82) is 0 Å². The molecule has 0 bridgehead atoms. The first-order valence-electron chi connectivity index (χ1n) is 22.4. The van der Waals surface area contributed by atoms with Gasteiger partial charge in [0.15, 0.2) is 5.78 Å². The first-order valence-corrected chi connectivity index (χ1v) is 22.4. The third-order valence-electron chi connectivity index (χ3n) is 10.1. The number of primary amides is 1. The molecule has 5 amide bonds. The fraction of sp³-hybridized carbons (Fsp3) is 0.795. The molecule has 0 aliphatic heterocycles. The molecule has 0 rings (SSSR count). The van der Waals surface area contributed by atoms with Crippen LogP contribution in [0.2, 0.25) is 0 Å². The number of amides is 5. The van der Waals surface area contributed by atoms with E-state index in [1.54, 1.807) is 11.9 Å². The van der Waals surface area contributed by atoms with E-state index in [1.165, 1.54) is 6.92 Å². The van der Waals surface area contributed by atoms with Crippen molar-refractivity contribution in [3.63, 3.8) is 0 Å². The zero-order chi connectivity index (χ0) is 44.1. The third kappa shape index (κ3) is 35.6. The van der Waals surface area contributed by atoms with Crippen molar-refractivity contribution in [2.24, 2.45) is 5.73 Å². The van der Waals surface area contributed by atoms with Crippen LogP contribution in [0.4, 0.5) is 0 Å². The van der Waals surface area contributed by atoms with E-state index in [2.05, 4.69) is 21.3 Å². The van der Waals surface area contributed by atoms with Crippen LogP contribution in [-0.4, -0.2) is 103 Å². The highest BCUT2D eigenvalue weighted by molar-refractivity contribution is 5.89. The van der Waals surface area contributed by atoms with Gasteiger partial charge in [-0.15, -0.1) is 0 Å².